The maximum Gasteiger partial charge on any atom is 0.267 e. The van der Waals surface area contributed by atoms with E-state index in [2.05, 4.69) is 5.10 Å². The van der Waals surface area contributed by atoms with Crippen LogP contribution in [0.4, 0.5) is 0 Å². The second kappa shape index (κ2) is 7.78. The van der Waals surface area contributed by atoms with Gasteiger partial charge in [-0.15, -0.1) is 0 Å². The maximum absolute atomic E-state index is 12.5. The molecule has 6 nitrogen and oxygen atoms in total. The van der Waals surface area contributed by atoms with E-state index in [-0.39, 0.29) is 24.1 Å². The zero-order valence-electron chi connectivity index (χ0n) is 16.6. The highest BCUT2D eigenvalue weighted by Gasteiger charge is 2.28. The summed E-state index contributed by atoms with van der Waals surface area (Å²) in [6, 6.07) is 9.55. The Labute approximate surface area is 165 Å². The van der Waals surface area contributed by atoms with Crippen LogP contribution in [-0.2, 0) is 4.79 Å². The summed E-state index contributed by atoms with van der Waals surface area (Å²) in [5.74, 6) is 1.28. The fraction of sp³-hybridized carbons (Fsp3) is 0.500. The van der Waals surface area contributed by atoms with Gasteiger partial charge in [0.25, 0.3) is 11.5 Å². The fourth-order valence-electron chi connectivity index (χ4n) is 3.75. The summed E-state index contributed by atoms with van der Waals surface area (Å²) in [7, 11) is 0. The Hall–Kier alpha value is -2.63. The van der Waals surface area contributed by atoms with Crippen LogP contribution in [0.2, 0.25) is 0 Å². The van der Waals surface area contributed by atoms with Gasteiger partial charge in [-0.1, -0.05) is 12.1 Å². The van der Waals surface area contributed by atoms with Crippen molar-refractivity contribution in [3.63, 3.8) is 0 Å². The summed E-state index contributed by atoms with van der Waals surface area (Å²) in [6.07, 6.45) is 3.82. The molecule has 1 amide bonds. The Kier molecular flexibility index (Phi) is 5.20. The highest BCUT2D eigenvalue weighted by atomic mass is 16.5. The molecule has 6 heteroatoms. The van der Waals surface area contributed by atoms with Crippen LogP contribution in [0.3, 0.4) is 0 Å². The molecule has 1 aliphatic carbocycles. The number of likely N-dealkylation sites (tertiary alicyclic amines) is 1. The zero-order chi connectivity index (χ0) is 19.7. The molecule has 2 fully saturated rings. The lowest BCUT2D eigenvalue weighted by molar-refractivity contribution is -0.134. The van der Waals surface area contributed by atoms with Gasteiger partial charge in [0, 0.05) is 25.1 Å². The Bertz CT molecular complexity index is 925. The standard InChI is InChI=1S/C22H27N3O3/c1-15-3-4-16(2)20(13-15)28-14-22(27)24-11-9-18(10-12-24)25-21(26)8-7-19(23-25)17-5-6-17/h3-4,7-8,13,17-18H,5-6,9-12,14H2,1-2H3. The smallest absolute Gasteiger partial charge is 0.267 e. The molecule has 148 valence electrons. The van der Waals surface area contributed by atoms with E-state index in [4.69, 9.17) is 4.74 Å². The topological polar surface area (TPSA) is 64.4 Å². The second-order valence-corrected chi connectivity index (χ2v) is 7.98. The number of aryl methyl sites for hydroxylation is 2. The van der Waals surface area contributed by atoms with Gasteiger partial charge in [-0.25, -0.2) is 4.68 Å². The van der Waals surface area contributed by atoms with Gasteiger partial charge in [-0.05, 0) is 62.8 Å². The van der Waals surface area contributed by atoms with Crippen LogP contribution in [0.5, 0.6) is 5.75 Å². The normalized spacial score (nSPS) is 17.6. The molecule has 0 N–H and O–H groups in total. The minimum Gasteiger partial charge on any atom is -0.483 e. The third-order valence-corrected chi connectivity index (χ3v) is 5.70. The third-order valence-electron chi connectivity index (χ3n) is 5.70. The molecule has 0 radical (unpaired) electrons. The largest absolute Gasteiger partial charge is 0.483 e. The lowest BCUT2D eigenvalue weighted by Crippen LogP contribution is -2.43. The van der Waals surface area contributed by atoms with E-state index < -0.39 is 0 Å². The molecule has 4 rings (SSSR count). The Morgan fingerprint density at radius 1 is 1.11 bits per heavy atom. The van der Waals surface area contributed by atoms with Gasteiger partial charge >= 0.3 is 0 Å². The lowest BCUT2D eigenvalue weighted by Gasteiger charge is -2.32. The number of nitrogens with zero attached hydrogens (tertiary/aromatic N) is 3. The van der Waals surface area contributed by atoms with Crippen molar-refractivity contribution in [2.24, 2.45) is 0 Å². The molecule has 0 unspecified atom stereocenters. The minimum absolute atomic E-state index is 0.00797. The molecule has 2 aromatic rings. The van der Waals surface area contributed by atoms with Gasteiger partial charge in [0.1, 0.15) is 5.75 Å². The van der Waals surface area contributed by atoms with E-state index in [9.17, 15) is 9.59 Å². The molecule has 28 heavy (non-hydrogen) atoms. The number of benzene rings is 1. The molecule has 0 bridgehead atoms. The molecule has 1 saturated heterocycles. The Balaban J connectivity index is 1.34. The highest BCUT2D eigenvalue weighted by molar-refractivity contribution is 5.77. The fourth-order valence-corrected chi connectivity index (χ4v) is 3.75. The number of piperidine rings is 1. The van der Waals surface area contributed by atoms with Crippen molar-refractivity contribution in [3.05, 3.63) is 57.5 Å². The van der Waals surface area contributed by atoms with Gasteiger partial charge in [0.05, 0.1) is 11.7 Å². The van der Waals surface area contributed by atoms with Crippen molar-refractivity contribution >= 4 is 5.91 Å². The summed E-state index contributed by atoms with van der Waals surface area (Å²) >= 11 is 0. The van der Waals surface area contributed by atoms with Gasteiger partial charge in [0.2, 0.25) is 0 Å². The molecule has 0 atom stereocenters. The summed E-state index contributed by atoms with van der Waals surface area (Å²) in [6.45, 7) is 5.28. The second-order valence-electron chi connectivity index (χ2n) is 7.98. The van der Waals surface area contributed by atoms with E-state index in [0.29, 0.717) is 19.0 Å². The van der Waals surface area contributed by atoms with Crippen molar-refractivity contribution in [1.82, 2.24) is 14.7 Å². The van der Waals surface area contributed by atoms with Gasteiger partial charge in [0.15, 0.2) is 6.61 Å². The van der Waals surface area contributed by atoms with Crippen LogP contribution < -0.4 is 10.3 Å². The number of carbonyl (C=O) groups excluding carboxylic acids is 1. The average Bonchev–Trinajstić information content (AvgIpc) is 3.54. The van der Waals surface area contributed by atoms with Crippen molar-refractivity contribution in [1.29, 1.82) is 0 Å². The molecule has 1 aliphatic heterocycles. The quantitative estimate of drug-likeness (QED) is 0.799. The number of ether oxygens (including phenoxy) is 1. The molecule has 2 heterocycles. The minimum atomic E-state index is -0.0487. The van der Waals surface area contributed by atoms with Gasteiger partial charge in [-0.2, -0.15) is 5.10 Å². The first-order valence-electron chi connectivity index (χ1n) is 10.1. The first-order valence-corrected chi connectivity index (χ1v) is 10.1. The van der Waals surface area contributed by atoms with Crippen molar-refractivity contribution < 1.29 is 9.53 Å². The predicted molar refractivity (Wildman–Crippen MR) is 107 cm³/mol. The number of rotatable bonds is 5. The molecule has 1 aromatic heterocycles. The Morgan fingerprint density at radius 2 is 1.86 bits per heavy atom. The van der Waals surface area contributed by atoms with Crippen LogP contribution in [0, 0.1) is 13.8 Å². The highest BCUT2D eigenvalue weighted by Crippen LogP contribution is 2.38. The van der Waals surface area contributed by atoms with E-state index in [1.165, 1.54) is 12.8 Å². The van der Waals surface area contributed by atoms with Crippen LogP contribution >= 0.6 is 0 Å². The number of hydrogen-bond donors (Lipinski definition) is 0. The average molecular weight is 381 g/mol. The van der Waals surface area contributed by atoms with E-state index >= 15 is 0 Å². The van der Waals surface area contributed by atoms with Crippen molar-refractivity contribution in [2.45, 2.75) is 51.5 Å². The lowest BCUT2D eigenvalue weighted by atomic mass is 10.1. The number of aromatic nitrogens is 2. The van der Waals surface area contributed by atoms with Crippen LogP contribution in [-0.4, -0.2) is 40.3 Å². The molecule has 2 aliphatic rings. The summed E-state index contributed by atoms with van der Waals surface area (Å²) < 4.78 is 7.39. The monoisotopic (exact) mass is 381 g/mol. The summed E-state index contributed by atoms with van der Waals surface area (Å²) in [5.41, 5.74) is 3.12. The molecule has 0 spiro atoms. The molecule has 1 saturated carbocycles. The number of hydrogen-bond acceptors (Lipinski definition) is 4. The molecular formula is C22H27N3O3. The SMILES string of the molecule is Cc1ccc(C)c(OCC(=O)N2CCC(n3nc(C4CC4)ccc3=O)CC2)c1. The molecular weight excluding hydrogens is 354 g/mol. The van der Waals surface area contributed by atoms with Crippen LogP contribution in [0.25, 0.3) is 0 Å². The number of amides is 1. The van der Waals surface area contributed by atoms with Gasteiger partial charge < -0.3 is 9.64 Å². The first kappa shape index (κ1) is 18.7. The van der Waals surface area contributed by atoms with Crippen molar-refractivity contribution in [3.8, 4) is 5.75 Å². The molecule has 1 aromatic carbocycles. The number of carbonyl (C=O) groups is 1. The van der Waals surface area contributed by atoms with Gasteiger partial charge in [-0.3, -0.25) is 9.59 Å². The van der Waals surface area contributed by atoms with E-state index in [1.54, 1.807) is 10.7 Å². The maximum atomic E-state index is 12.5. The van der Waals surface area contributed by atoms with Crippen LogP contribution in [0.1, 0.15) is 54.5 Å². The summed E-state index contributed by atoms with van der Waals surface area (Å²) in [5, 5.41) is 4.60. The Morgan fingerprint density at radius 3 is 2.57 bits per heavy atom. The van der Waals surface area contributed by atoms with E-state index in [0.717, 1.165) is 35.4 Å². The first-order chi connectivity index (χ1) is 13.5. The van der Waals surface area contributed by atoms with Crippen LogP contribution in [0.15, 0.2) is 35.1 Å². The summed E-state index contributed by atoms with van der Waals surface area (Å²) in [4.78, 5) is 26.6. The van der Waals surface area contributed by atoms with Crippen molar-refractivity contribution in [2.75, 3.05) is 19.7 Å². The predicted octanol–water partition coefficient (Wildman–Crippen LogP) is 2.98. The van der Waals surface area contributed by atoms with E-state index in [1.807, 2.05) is 43.0 Å². The third kappa shape index (κ3) is 4.11. The zero-order valence-corrected chi connectivity index (χ0v) is 16.6.